The van der Waals surface area contributed by atoms with Gasteiger partial charge in [0.05, 0.1) is 7.11 Å². The number of nitrogens with zero attached hydrogens (tertiary/aromatic N) is 1. The van der Waals surface area contributed by atoms with Gasteiger partial charge in [-0.2, -0.15) is 0 Å². The van der Waals surface area contributed by atoms with Crippen molar-refractivity contribution in [1.29, 1.82) is 0 Å². The molecule has 0 spiro atoms. The molecular formula is C15H24N2O2. The van der Waals surface area contributed by atoms with E-state index in [2.05, 4.69) is 0 Å². The Kier molecular flexibility index (Phi) is 6.97. The summed E-state index contributed by atoms with van der Waals surface area (Å²) < 4.78 is 5.11. The van der Waals surface area contributed by atoms with Crippen LogP contribution in [0.3, 0.4) is 0 Å². The molecule has 1 aromatic carbocycles. The minimum absolute atomic E-state index is 0.201. The van der Waals surface area contributed by atoms with E-state index >= 15 is 0 Å². The predicted molar refractivity (Wildman–Crippen MR) is 77.2 cm³/mol. The summed E-state index contributed by atoms with van der Waals surface area (Å²) in [5.41, 5.74) is 6.63. The summed E-state index contributed by atoms with van der Waals surface area (Å²) in [7, 11) is 1.65. The molecule has 0 aliphatic heterocycles. The summed E-state index contributed by atoms with van der Waals surface area (Å²) >= 11 is 0. The maximum Gasteiger partial charge on any atom is 0.222 e. The Hall–Kier alpha value is -1.55. The molecule has 0 bridgehead atoms. The lowest BCUT2D eigenvalue weighted by Gasteiger charge is -2.20. The lowest BCUT2D eigenvalue weighted by Crippen LogP contribution is -2.32. The van der Waals surface area contributed by atoms with Gasteiger partial charge in [-0.3, -0.25) is 4.79 Å². The molecule has 0 saturated carbocycles. The highest BCUT2D eigenvalue weighted by Crippen LogP contribution is 2.13. The molecular weight excluding hydrogens is 240 g/mol. The van der Waals surface area contributed by atoms with Gasteiger partial charge in [-0.25, -0.2) is 0 Å². The number of aryl methyl sites for hydroxylation is 1. The summed E-state index contributed by atoms with van der Waals surface area (Å²) in [6.07, 6.45) is 2.18. The number of hydrogen-bond donors (Lipinski definition) is 1. The first kappa shape index (κ1) is 15.5. The summed E-state index contributed by atoms with van der Waals surface area (Å²) in [6, 6.07) is 7.85. The Labute approximate surface area is 115 Å². The van der Waals surface area contributed by atoms with E-state index in [-0.39, 0.29) is 5.91 Å². The summed E-state index contributed by atoms with van der Waals surface area (Å²) in [5.74, 6) is 1.04. The fraction of sp³-hybridized carbons (Fsp3) is 0.533. The number of hydrogen-bond acceptors (Lipinski definition) is 3. The average molecular weight is 264 g/mol. The molecule has 0 saturated heterocycles. The minimum atomic E-state index is 0.201. The van der Waals surface area contributed by atoms with Gasteiger partial charge in [-0.1, -0.05) is 12.1 Å². The third kappa shape index (κ3) is 5.30. The zero-order chi connectivity index (χ0) is 14.1. The molecule has 4 heteroatoms. The second-order valence-corrected chi connectivity index (χ2v) is 4.46. The Morgan fingerprint density at radius 1 is 1.32 bits per heavy atom. The van der Waals surface area contributed by atoms with E-state index in [0.717, 1.165) is 37.2 Å². The summed E-state index contributed by atoms with van der Waals surface area (Å²) in [5, 5.41) is 0. The number of benzene rings is 1. The van der Waals surface area contributed by atoms with Gasteiger partial charge in [-0.15, -0.1) is 0 Å². The van der Waals surface area contributed by atoms with Gasteiger partial charge in [0.25, 0.3) is 0 Å². The number of ether oxygens (including phenoxy) is 1. The van der Waals surface area contributed by atoms with Crippen LogP contribution in [-0.4, -0.2) is 37.6 Å². The minimum Gasteiger partial charge on any atom is -0.497 e. The molecule has 19 heavy (non-hydrogen) atoms. The molecule has 1 aromatic rings. The van der Waals surface area contributed by atoms with Gasteiger partial charge in [-0.05, 0) is 44.0 Å². The van der Waals surface area contributed by atoms with E-state index in [9.17, 15) is 4.79 Å². The Balaban J connectivity index is 2.43. The van der Waals surface area contributed by atoms with Crippen LogP contribution in [0.1, 0.15) is 25.3 Å². The van der Waals surface area contributed by atoms with Gasteiger partial charge in [0, 0.05) is 19.5 Å². The quantitative estimate of drug-likeness (QED) is 0.779. The smallest absolute Gasteiger partial charge is 0.222 e. The zero-order valence-electron chi connectivity index (χ0n) is 11.9. The number of carbonyl (C=O) groups is 1. The molecule has 4 nitrogen and oxygen atoms in total. The van der Waals surface area contributed by atoms with E-state index in [1.54, 1.807) is 7.11 Å². The Bertz CT molecular complexity index is 376. The Morgan fingerprint density at radius 2 is 2.00 bits per heavy atom. The molecule has 0 heterocycles. The van der Waals surface area contributed by atoms with Crippen LogP contribution in [0.25, 0.3) is 0 Å². The molecule has 2 N–H and O–H groups in total. The maximum absolute atomic E-state index is 12.0. The van der Waals surface area contributed by atoms with Crippen LogP contribution in [0.15, 0.2) is 24.3 Å². The van der Waals surface area contributed by atoms with Crippen molar-refractivity contribution in [3.8, 4) is 5.75 Å². The van der Waals surface area contributed by atoms with Gasteiger partial charge in [0.2, 0.25) is 5.91 Å². The monoisotopic (exact) mass is 264 g/mol. The van der Waals surface area contributed by atoms with Crippen molar-refractivity contribution in [3.63, 3.8) is 0 Å². The third-order valence-electron chi connectivity index (χ3n) is 3.15. The largest absolute Gasteiger partial charge is 0.497 e. The third-order valence-corrected chi connectivity index (χ3v) is 3.15. The highest BCUT2D eigenvalue weighted by atomic mass is 16.5. The molecule has 0 atom stereocenters. The van der Waals surface area contributed by atoms with Crippen LogP contribution in [0.4, 0.5) is 0 Å². The Morgan fingerprint density at radius 3 is 2.53 bits per heavy atom. The van der Waals surface area contributed by atoms with Gasteiger partial charge in [0.15, 0.2) is 0 Å². The van der Waals surface area contributed by atoms with Crippen molar-refractivity contribution < 1.29 is 9.53 Å². The molecule has 1 rings (SSSR count). The van der Waals surface area contributed by atoms with Crippen molar-refractivity contribution in [2.24, 2.45) is 5.73 Å². The fourth-order valence-electron chi connectivity index (χ4n) is 1.94. The molecule has 0 radical (unpaired) electrons. The number of amides is 1. The van der Waals surface area contributed by atoms with Crippen LogP contribution in [0.5, 0.6) is 5.75 Å². The fourth-order valence-corrected chi connectivity index (χ4v) is 1.94. The van der Waals surface area contributed by atoms with E-state index in [1.807, 2.05) is 36.1 Å². The number of nitrogens with two attached hydrogens (primary N) is 1. The van der Waals surface area contributed by atoms with E-state index in [1.165, 1.54) is 0 Å². The van der Waals surface area contributed by atoms with Crippen LogP contribution >= 0.6 is 0 Å². The van der Waals surface area contributed by atoms with Crippen LogP contribution in [0, 0.1) is 0 Å². The summed E-state index contributed by atoms with van der Waals surface area (Å²) in [4.78, 5) is 13.9. The first-order valence-electron chi connectivity index (χ1n) is 6.82. The second kappa shape index (κ2) is 8.53. The number of carbonyl (C=O) groups excluding carboxylic acids is 1. The van der Waals surface area contributed by atoms with Crippen molar-refractivity contribution in [2.75, 3.05) is 26.7 Å². The molecule has 0 aliphatic rings. The van der Waals surface area contributed by atoms with Crippen molar-refractivity contribution >= 4 is 5.91 Å². The summed E-state index contributed by atoms with van der Waals surface area (Å²) in [6.45, 7) is 4.14. The van der Waals surface area contributed by atoms with Crippen molar-refractivity contribution in [1.82, 2.24) is 4.90 Å². The molecule has 0 aromatic heterocycles. The molecule has 0 aliphatic carbocycles. The number of methoxy groups -OCH3 is 1. The second-order valence-electron chi connectivity index (χ2n) is 4.46. The first-order valence-corrected chi connectivity index (χ1v) is 6.82. The first-order chi connectivity index (χ1) is 9.21. The van der Waals surface area contributed by atoms with Crippen LogP contribution in [-0.2, 0) is 11.2 Å². The lowest BCUT2D eigenvalue weighted by atomic mass is 10.1. The lowest BCUT2D eigenvalue weighted by molar-refractivity contribution is -0.131. The highest BCUT2D eigenvalue weighted by molar-refractivity contribution is 5.76. The normalized spacial score (nSPS) is 10.3. The van der Waals surface area contributed by atoms with Crippen molar-refractivity contribution in [3.05, 3.63) is 29.8 Å². The molecule has 106 valence electrons. The standard InChI is InChI=1S/C15H24N2O2/c1-3-17(12-4-11-16)15(18)10-7-13-5-8-14(19-2)9-6-13/h5-6,8-9H,3-4,7,10-12,16H2,1-2H3. The predicted octanol–water partition coefficient (Wildman–Crippen LogP) is 1.83. The van der Waals surface area contributed by atoms with Gasteiger partial charge in [0.1, 0.15) is 5.75 Å². The SMILES string of the molecule is CCN(CCCN)C(=O)CCc1ccc(OC)cc1. The van der Waals surface area contributed by atoms with E-state index < -0.39 is 0 Å². The molecule has 0 unspecified atom stereocenters. The maximum atomic E-state index is 12.0. The van der Waals surface area contributed by atoms with E-state index in [0.29, 0.717) is 13.0 Å². The van der Waals surface area contributed by atoms with Crippen LogP contribution in [0.2, 0.25) is 0 Å². The molecule has 1 amide bonds. The highest BCUT2D eigenvalue weighted by Gasteiger charge is 2.10. The topological polar surface area (TPSA) is 55.6 Å². The van der Waals surface area contributed by atoms with Gasteiger partial charge >= 0.3 is 0 Å². The van der Waals surface area contributed by atoms with Crippen LogP contribution < -0.4 is 10.5 Å². The molecule has 0 fully saturated rings. The van der Waals surface area contributed by atoms with Gasteiger partial charge < -0.3 is 15.4 Å². The van der Waals surface area contributed by atoms with Crippen molar-refractivity contribution in [2.45, 2.75) is 26.2 Å². The zero-order valence-corrected chi connectivity index (χ0v) is 11.9. The average Bonchev–Trinajstić information content (AvgIpc) is 2.46. The van der Waals surface area contributed by atoms with E-state index in [4.69, 9.17) is 10.5 Å². The number of rotatable bonds is 8.